The Balaban J connectivity index is 1.79. The normalized spacial score (nSPS) is 17.9. The van der Waals surface area contributed by atoms with Crippen LogP contribution in [0.2, 0.25) is 0 Å². The predicted octanol–water partition coefficient (Wildman–Crippen LogP) is 4.81. The van der Waals surface area contributed by atoms with Crippen molar-refractivity contribution in [2.45, 2.75) is 46.5 Å². The van der Waals surface area contributed by atoms with Crippen molar-refractivity contribution in [2.75, 3.05) is 16.8 Å². The number of aryl methyl sites for hydroxylation is 2. The summed E-state index contributed by atoms with van der Waals surface area (Å²) in [4.78, 5) is 27.3. The van der Waals surface area contributed by atoms with Crippen molar-refractivity contribution in [3.8, 4) is 0 Å². The lowest BCUT2D eigenvalue weighted by Crippen LogP contribution is -2.29. The van der Waals surface area contributed by atoms with Gasteiger partial charge in [0.25, 0.3) is 0 Å². The van der Waals surface area contributed by atoms with Gasteiger partial charge in [0, 0.05) is 24.3 Å². The topological polar surface area (TPSA) is 49.4 Å². The minimum Gasteiger partial charge on any atom is -0.325 e. The molecule has 0 unspecified atom stereocenters. The third-order valence-corrected chi connectivity index (χ3v) is 5.60. The number of nitrogens with one attached hydrogen (secondary N) is 1. The number of rotatable bonds is 5. The van der Waals surface area contributed by atoms with Crippen LogP contribution in [0.1, 0.15) is 49.3 Å². The Hall–Kier alpha value is -2.62. The van der Waals surface area contributed by atoms with E-state index in [0.29, 0.717) is 12.5 Å². The minimum atomic E-state index is -0.332. The summed E-state index contributed by atoms with van der Waals surface area (Å²) in [6.45, 7) is 8.72. The van der Waals surface area contributed by atoms with Crippen LogP contribution in [0.15, 0.2) is 42.5 Å². The van der Waals surface area contributed by atoms with Gasteiger partial charge in [0.15, 0.2) is 0 Å². The van der Waals surface area contributed by atoms with E-state index in [1.807, 2.05) is 50.2 Å². The van der Waals surface area contributed by atoms with Gasteiger partial charge in [0.05, 0.1) is 5.92 Å². The molecular formula is C23H28N2O2. The Morgan fingerprint density at radius 2 is 1.81 bits per heavy atom. The quantitative estimate of drug-likeness (QED) is 0.828. The molecule has 4 heteroatoms. The molecule has 0 saturated carbocycles. The third kappa shape index (κ3) is 3.90. The van der Waals surface area contributed by atoms with Crippen LogP contribution in [0.4, 0.5) is 11.4 Å². The summed E-state index contributed by atoms with van der Waals surface area (Å²) in [5.74, 6) is -0.0188. The summed E-state index contributed by atoms with van der Waals surface area (Å²) >= 11 is 0. The number of carbonyl (C=O) groups is 2. The van der Waals surface area contributed by atoms with Crippen LogP contribution in [0.3, 0.4) is 0 Å². The number of nitrogens with zero attached hydrogens (tertiary/aromatic N) is 1. The lowest BCUT2D eigenvalue weighted by Gasteiger charge is -2.23. The number of benzene rings is 2. The van der Waals surface area contributed by atoms with Gasteiger partial charge < -0.3 is 10.2 Å². The number of anilines is 2. The molecule has 2 atom stereocenters. The van der Waals surface area contributed by atoms with Crippen LogP contribution in [-0.4, -0.2) is 18.4 Å². The lowest BCUT2D eigenvalue weighted by atomic mass is 9.96. The SMILES string of the molecule is CC[C@H](C)c1ccccc1N1C[C@@H](C(=O)Nc2c(C)cccc2C)CC1=O. The highest BCUT2D eigenvalue weighted by Gasteiger charge is 2.36. The van der Waals surface area contributed by atoms with Crippen molar-refractivity contribution in [2.24, 2.45) is 5.92 Å². The molecule has 0 bridgehead atoms. The molecule has 1 saturated heterocycles. The maximum absolute atomic E-state index is 12.8. The first kappa shape index (κ1) is 19.2. The van der Waals surface area contributed by atoms with E-state index in [1.54, 1.807) is 4.90 Å². The van der Waals surface area contributed by atoms with Gasteiger partial charge in [-0.2, -0.15) is 0 Å². The highest BCUT2D eigenvalue weighted by Crippen LogP contribution is 2.34. The monoisotopic (exact) mass is 364 g/mol. The third-order valence-electron chi connectivity index (χ3n) is 5.60. The molecule has 1 N–H and O–H groups in total. The first-order chi connectivity index (χ1) is 12.9. The number of hydrogen-bond acceptors (Lipinski definition) is 2. The highest BCUT2D eigenvalue weighted by molar-refractivity contribution is 6.04. The number of amides is 2. The van der Waals surface area contributed by atoms with Gasteiger partial charge in [-0.15, -0.1) is 0 Å². The van der Waals surface area contributed by atoms with Crippen molar-refractivity contribution in [1.82, 2.24) is 0 Å². The van der Waals surface area contributed by atoms with Crippen molar-refractivity contribution in [3.05, 3.63) is 59.2 Å². The van der Waals surface area contributed by atoms with Gasteiger partial charge in [-0.1, -0.05) is 50.2 Å². The molecule has 0 aromatic heterocycles. The Bertz CT molecular complexity index is 839. The molecule has 2 aromatic rings. The van der Waals surface area contributed by atoms with Crippen molar-refractivity contribution < 1.29 is 9.59 Å². The molecule has 2 amide bonds. The number of hydrogen-bond donors (Lipinski definition) is 1. The molecule has 2 aromatic carbocycles. The van der Waals surface area contributed by atoms with Gasteiger partial charge in [-0.3, -0.25) is 9.59 Å². The highest BCUT2D eigenvalue weighted by atomic mass is 16.2. The van der Waals surface area contributed by atoms with E-state index in [4.69, 9.17) is 0 Å². The second-order valence-electron chi connectivity index (χ2n) is 7.53. The van der Waals surface area contributed by atoms with E-state index in [2.05, 4.69) is 25.2 Å². The Kier molecular flexibility index (Phi) is 5.64. The molecule has 142 valence electrons. The second-order valence-corrected chi connectivity index (χ2v) is 7.53. The smallest absolute Gasteiger partial charge is 0.229 e. The molecule has 4 nitrogen and oxygen atoms in total. The molecule has 1 aliphatic rings. The van der Waals surface area contributed by atoms with Gasteiger partial charge in [0.2, 0.25) is 11.8 Å². The van der Waals surface area contributed by atoms with Crippen LogP contribution in [-0.2, 0) is 9.59 Å². The van der Waals surface area contributed by atoms with E-state index >= 15 is 0 Å². The van der Waals surface area contributed by atoms with Gasteiger partial charge >= 0.3 is 0 Å². The van der Waals surface area contributed by atoms with Crippen molar-refractivity contribution >= 4 is 23.2 Å². The zero-order valence-electron chi connectivity index (χ0n) is 16.6. The molecule has 27 heavy (non-hydrogen) atoms. The average molecular weight is 364 g/mol. The van der Waals surface area contributed by atoms with E-state index in [-0.39, 0.29) is 24.2 Å². The van der Waals surface area contributed by atoms with Crippen LogP contribution >= 0.6 is 0 Å². The fourth-order valence-corrected chi connectivity index (χ4v) is 3.72. The second kappa shape index (κ2) is 7.95. The van der Waals surface area contributed by atoms with Crippen molar-refractivity contribution in [1.29, 1.82) is 0 Å². The predicted molar refractivity (Wildman–Crippen MR) is 110 cm³/mol. The van der Waals surface area contributed by atoms with Crippen LogP contribution in [0, 0.1) is 19.8 Å². The van der Waals surface area contributed by atoms with Gasteiger partial charge in [-0.05, 0) is 48.9 Å². The van der Waals surface area contributed by atoms with Gasteiger partial charge in [0.1, 0.15) is 0 Å². The summed E-state index contributed by atoms with van der Waals surface area (Å²) in [5, 5.41) is 3.04. The molecule has 0 spiro atoms. The summed E-state index contributed by atoms with van der Waals surface area (Å²) in [5.41, 5.74) is 5.04. The van der Waals surface area contributed by atoms with Crippen LogP contribution in [0.25, 0.3) is 0 Å². The Morgan fingerprint density at radius 1 is 1.15 bits per heavy atom. The summed E-state index contributed by atoms with van der Waals surface area (Å²) in [6, 6.07) is 14.0. The zero-order chi connectivity index (χ0) is 19.6. The van der Waals surface area contributed by atoms with E-state index < -0.39 is 0 Å². The van der Waals surface area contributed by atoms with Crippen molar-refractivity contribution in [3.63, 3.8) is 0 Å². The first-order valence-corrected chi connectivity index (χ1v) is 9.68. The zero-order valence-corrected chi connectivity index (χ0v) is 16.6. The maximum Gasteiger partial charge on any atom is 0.229 e. The van der Waals surface area contributed by atoms with E-state index in [1.165, 1.54) is 5.56 Å². The van der Waals surface area contributed by atoms with Crippen LogP contribution in [0.5, 0.6) is 0 Å². The molecule has 1 heterocycles. The fourth-order valence-electron chi connectivity index (χ4n) is 3.72. The Labute approximate surface area is 161 Å². The number of para-hydroxylation sites is 2. The van der Waals surface area contributed by atoms with E-state index in [0.717, 1.165) is 28.9 Å². The summed E-state index contributed by atoms with van der Waals surface area (Å²) in [7, 11) is 0. The van der Waals surface area contributed by atoms with E-state index in [9.17, 15) is 9.59 Å². The first-order valence-electron chi connectivity index (χ1n) is 9.68. The molecule has 1 fully saturated rings. The standard InChI is InChI=1S/C23H28N2O2/c1-5-15(2)19-11-6-7-12-20(19)25-14-18(13-21(25)26)23(27)24-22-16(3)9-8-10-17(22)4/h6-12,15,18H,5,13-14H2,1-4H3,(H,24,27)/t15-,18-/m0/s1. The average Bonchev–Trinajstić information content (AvgIpc) is 3.05. The maximum atomic E-state index is 12.8. The molecule has 0 aliphatic carbocycles. The summed E-state index contributed by atoms with van der Waals surface area (Å²) < 4.78 is 0. The fraction of sp³-hybridized carbons (Fsp3) is 0.391. The lowest BCUT2D eigenvalue weighted by molar-refractivity contribution is -0.122. The molecule has 0 radical (unpaired) electrons. The number of carbonyl (C=O) groups excluding carboxylic acids is 2. The largest absolute Gasteiger partial charge is 0.325 e. The molecule has 3 rings (SSSR count). The molecular weight excluding hydrogens is 336 g/mol. The minimum absolute atomic E-state index is 0.0207. The van der Waals surface area contributed by atoms with Crippen LogP contribution < -0.4 is 10.2 Å². The molecule has 1 aliphatic heterocycles. The summed E-state index contributed by atoms with van der Waals surface area (Å²) in [6.07, 6.45) is 1.27. The van der Waals surface area contributed by atoms with Gasteiger partial charge in [-0.25, -0.2) is 0 Å². The Morgan fingerprint density at radius 3 is 2.48 bits per heavy atom.